The monoisotopic (exact) mass is 382 g/mol. The molecule has 0 saturated carbocycles. The number of aromatic nitrogens is 2. The Labute approximate surface area is 169 Å². The van der Waals surface area contributed by atoms with E-state index in [9.17, 15) is 4.79 Å². The van der Waals surface area contributed by atoms with E-state index < -0.39 is 0 Å². The molecule has 0 atom stereocenters. The van der Waals surface area contributed by atoms with Gasteiger partial charge in [-0.05, 0) is 49.7 Å². The summed E-state index contributed by atoms with van der Waals surface area (Å²) in [6, 6.07) is 22.1. The zero-order valence-corrected chi connectivity index (χ0v) is 16.5. The molecule has 5 nitrogen and oxygen atoms in total. The summed E-state index contributed by atoms with van der Waals surface area (Å²) in [5.74, 6) is -0.141. The van der Waals surface area contributed by atoms with Gasteiger partial charge in [0.25, 0.3) is 0 Å². The van der Waals surface area contributed by atoms with Gasteiger partial charge in [-0.15, -0.1) is 0 Å². The summed E-state index contributed by atoms with van der Waals surface area (Å²) in [7, 11) is 0. The van der Waals surface area contributed by atoms with E-state index in [1.807, 2.05) is 49.4 Å². The van der Waals surface area contributed by atoms with Crippen molar-refractivity contribution >= 4 is 22.5 Å². The number of carbonyl (C=O) groups is 1. The third-order valence-corrected chi connectivity index (χ3v) is 5.04. The van der Waals surface area contributed by atoms with Gasteiger partial charge in [0, 0.05) is 34.7 Å². The molecule has 4 rings (SSSR count). The molecule has 0 spiro atoms. The van der Waals surface area contributed by atoms with Crippen LogP contribution in [0.15, 0.2) is 84.2 Å². The smallest absolute Gasteiger partial charge is 0.244 e. The second kappa shape index (κ2) is 8.10. The maximum absolute atomic E-state index is 12.7. The molecule has 0 aliphatic carbocycles. The Balaban J connectivity index is 1.63. The molecule has 0 bridgehead atoms. The second-order valence-corrected chi connectivity index (χ2v) is 6.90. The van der Waals surface area contributed by atoms with E-state index in [1.165, 1.54) is 0 Å². The van der Waals surface area contributed by atoms with Gasteiger partial charge in [0.15, 0.2) is 0 Å². The van der Waals surface area contributed by atoms with Gasteiger partial charge < -0.3 is 4.57 Å². The number of carbonyl (C=O) groups excluding carboxylic acids is 1. The van der Waals surface area contributed by atoms with Gasteiger partial charge in [0.1, 0.15) is 0 Å². The topological polar surface area (TPSA) is 59.3 Å². The van der Waals surface area contributed by atoms with E-state index in [1.54, 1.807) is 12.4 Å². The Morgan fingerprint density at radius 2 is 1.69 bits per heavy atom. The zero-order chi connectivity index (χ0) is 20.2. The summed E-state index contributed by atoms with van der Waals surface area (Å²) in [4.78, 5) is 16.7. The predicted molar refractivity (Wildman–Crippen MR) is 116 cm³/mol. The van der Waals surface area contributed by atoms with E-state index >= 15 is 0 Å². The largest absolute Gasteiger partial charge is 0.314 e. The summed E-state index contributed by atoms with van der Waals surface area (Å²) in [5.41, 5.74) is 8.60. The Morgan fingerprint density at radius 3 is 2.45 bits per heavy atom. The molecule has 0 unspecified atom stereocenters. The van der Waals surface area contributed by atoms with Crippen LogP contribution < -0.4 is 5.43 Å². The first-order valence-corrected chi connectivity index (χ1v) is 9.53. The highest BCUT2D eigenvalue weighted by molar-refractivity contribution is 5.99. The minimum absolute atomic E-state index is 0.141. The van der Waals surface area contributed by atoms with Crippen LogP contribution in [-0.2, 0) is 11.2 Å². The van der Waals surface area contributed by atoms with Crippen molar-refractivity contribution in [2.24, 2.45) is 5.10 Å². The van der Waals surface area contributed by atoms with E-state index in [2.05, 4.69) is 51.3 Å². The number of amides is 1. The second-order valence-electron chi connectivity index (χ2n) is 6.90. The van der Waals surface area contributed by atoms with Crippen molar-refractivity contribution in [2.45, 2.75) is 20.3 Å². The maximum atomic E-state index is 12.7. The Morgan fingerprint density at radius 1 is 1.00 bits per heavy atom. The number of hydrogen-bond acceptors (Lipinski definition) is 3. The third kappa shape index (κ3) is 3.80. The average molecular weight is 382 g/mol. The number of hydrogen-bond donors (Lipinski definition) is 1. The van der Waals surface area contributed by atoms with Crippen LogP contribution in [-0.4, -0.2) is 21.2 Å². The molecule has 0 fully saturated rings. The molecule has 0 aliphatic heterocycles. The number of fused-ring (bicyclic) bond motifs is 1. The summed E-state index contributed by atoms with van der Waals surface area (Å²) < 4.78 is 2.20. The molecule has 1 N–H and O–H groups in total. The van der Waals surface area contributed by atoms with Gasteiger partial charge >= 0.3 is 0 Å². The van der Waals surface area contributed by atoms with Crippen LogP contribution in [0.1, 0.15) is 23.7 Å². The van der Waals surface area contributed by atoms with Gasteiger partial charge in [-0.3, -0.25) is 9.78 Å². The number of hydrazone groups is 1. The van der Waals surface area contributed by atoms with Gasteiger partial charge in [-0.1, -0.05) is 36.4 Å². The highest BCUT2D eigenvalue weighted by Gasteiger charge is 2.17. The fourth-order valence-electron chi connectivity index (χ4n) is 3.57. The predicted octanol–water partition coefficient (Wildman–Crippen LogP) is 4.42. The van der Waals surface area contributed by atoms with Crippen LogP contribution in [0.5, 0.6) is 0 Å². The van der Waals surface area contributed by atoms with Crippen molar-refractivity contribution in [1.29, 1.82) is 0 Å². The van der Waals surface area contributed by atoms with Crippen LogP contribution in [0.2, 0.25) is 0 Å². The van der Waals surface area contributed by atoms with Crippen molar-refractivity contribution in [2.75, 3.05) is 0 Å². The normalized spacial score (nSPS) is 11.6. The van der Waals surface area contributed by atoms with Crippen LogP contribution in [0, 0.1) is 6.92 Å². The van der Waals surface area contributed by atoms with Gasteiger partial charge in [0.2, 0.25) is 5.91 Å². The minimum Gasteiger partial charge on any atom is -0.314 e. The van der Waals surface area contributed by atoms with Crippen molar-refractivity contribution < 1.29 is 4.79 Å². The van der Waals surface area contributed by atoms with Crippen molar-refractivity contribution in [3.8, 4) is 5.69 Å². The number of nitrogens with one attached hydrogen (secondary N) is 1. The lowest BCUT2D eigenvalue weighted by atomic mass is 10.1. The van der Waals surface area contributed by atoms with Gasteiger partial charge in [0.05, 0.1) is 17.6 Å². The highest BCUT2D eigenvalue weighted by atomic mass is 16.2. The van der Waals surface area contributed by atoms with E-state index in [0.29, 0.717) is 0 Å². The molecule has 0 aliphatic rings. The Hall–Kier alpha value is -3.73. The molecule has 0 radical (unpaired) electrons. The third-order valence-electron chi connectivity index (χ3n) is 5.04. The summed E-state index contributed by atoms with van der Waals surface area (Å²) in [6.07, 6.45) is 3.68. The first-order valence-electron chi connectivity index (χ1n) is 9.53. The highest BCUT2D eigenvalue weighted by Crippen LogP contribution is 2.29. The Kier molecular flexibility index (Phi) is 5.20. The van der Waals surface area contributed by atoms with Crippen molar-refractivity contribution in [3.63, 3.8) is 0 Å². The van der Waals surface area contributed by atoms with E-state index in [0.717, 1.165) is 39.1 Å². The molecular formula is C24H22N4O. The molecule has 2 aromatic carbocycles. The first kappa shape index (κ1) is 18.6. The van der Waals surface area contributed by atoms with Crippen LogP contribution in [0.4, 0.5) is 0 Å². The molecule has 0 saturated heterocycles. The molecule has 4 aromatic rings. The summed E-state index contributed by atoms with van der Waals surface area (Å²) in [5, 5.41) is 5.33. The first-order chi connectivity index (χ1) is 14.1. The fraction of sp³-hybridized carbons (Fsp3) is 0.125. The standard InChI is InChI=1S/C24H22N4O/c1-17(19-12-14-25-15-13-19)26-27-24(29)16-22-18(2)28(20-8-4-3-5-9-20)23-11-7-6-10-21(22)23/h3-15H,16H2,1-2H3,(H,27,29). The molecule has 1 amide bonds. The minimum atomic E-state index is -0.141. The van der Waals surface area contributed by atoms with Crippen molar-refractivity contribution in [1.82, 2.24) is 15.0 Å². The zero-order valence-electron chi connectivity index (χ0n) is 16.5. The lowest BCUT2D eigenvalue weighted by Crippen LogP contribution is -2.21. The summed E-state index contributed by atoms with van der Waals surface area (Å²) in [6.45, 7) is 3.92. The van der Waals surface area contributed by atoms with Crippen molar-refractivity contribution in [3.05, 3.63) is 95.9 Å². The summed E-state index contributed by atoms with van der Waals surface area (Å²) >= 11 is 0. The number of benzene rings is 2. The fourth-order valence-corrected chi connectivity index (χ4v) is 3.57. The lowest BCUT2D eigenvalue weighted by Gasteiger charge is -2.08. The number of nitrogens with zero attached hydrogens (tertiary/aromatic N) is 3. The number of para-hydroxylation sites is 2. The van der Waals surface area contributed by atoms with E-state index in [4.69, 9.17) is 0 Å². The maximum Gasteiger partial charge on any atom is 0.244 e. The van der Waals surface area contributed by atoms with Gasteiger partial charge in [-0.2, -0.15) is 5.10 Å². The van der Waals surface area contributed by atoms with E-state index in [-0.39, 0.29) is 12.3 Å². The van der Waals surface area contributed by atoms with Gasteiger partial charge in [-0.25, -0.2) is 5.43 Å². The quantitative estimate of drug-likeness (QED) is 0.410. The molecule has 144 valence electrons. The molecule has 29 heavy (non-hydrogen) atoms. The van der Waals surface area contributed by atoms with Crippen LogP contribution in [0.3, 0.4) is 0 Å². The number of pyridine rings is 1. The van der Waals surface area contributed by atoms with Crippen LogP contribution >= 0.6 is 0 Å². The van der Waals surface area contributed by atoms with Crippen LogP contribution in [0.25, 0.3) is 16.6 Å². The molecule has 5 heteroatoms. The molecule has 2 aromatic heterocycles. The lowest BCUT2D eigenvalue weighted by molar-refractivity contribution is -0.120. The average Bonchev–Trinajstić information content (AvgIpc) is 3.04. The molecular weight excluding hydrogens is 360 g/mol. The SMILES string of the molecule is CC(=NNC(=O)Cc1c(C)n(-c2ccccc2)c2ccccc12)c1ccncc1. The Bertz CT molecular complexity index is 1180. The number of rotatable bonds is 5. The molecule has 2 heterocycles.